The van der Waals surface area contributed by atoms with Gasteiger partial charge in [0.05, 0.1) is 22.1 Å². The zero-order valence-corrected chi connectivity index (χ0v) is 33.8. The highest BCUT2D eigenvalue weighted by molar-refractivity contribution is 6.11. The topological polar surface area (TPSA) is 8.17 Å². The minimum absolute atomic E-state index is 0.134. The Morgan fingerprint density at radius 3 is 1.87 bits per heavy atom. The first-order chi connectivity index (χ1) is 29.5. The van der Waals surface area contributed by atoms with Gasteiger partial charge in [-0.25, -0.2) is 0 Å². The average molecular weight is 767 g/mol. The summed E-state index contributed by atoms with van der Waals surface area (Å²) in [4.78, 5) is 2.58. The Bertz CT molecular complexity index is 3310. The van der Waals surface area contributed by atoms with Crippen LogP contribution < -0.4 is 4.90 Å². The summed E-state index contributed by atoms with van der Waals surface area (Å²) >= 11 is 0. The summed E-state index contributed by atoms with van der Waals surface area (Å²) < 4.78 is 2.42. The van der Waals surface area contributed by atoms with E-state index < -0.39 is 0 Å². The maximum Gasteiger partial charge on any atom is 0.0722 e. The third kappa shape index (κ3) is 4.28. The Balaban J connectivity index is 1.11. The van der Waals surface area contributed by atoms with E-state index in [-0.39, 0.29) is 10.8 Å². The van der Waals surface area contributed by atoms with E-state index in [1.807, 2.05) is 0 Å². The van der Waals surface area contributed by atoms with Crippen molar-refractivity contribution in [2.24, 2.45) is 0 Å². The second-order valence-electron chi connectivity index (χ2n) is 17.5. The maximum atomic E-state index is 2.58. The molecule has 2 nitrogen and oxygen atoms in total. The molecule has 0 bridgehead atoms. The molecule has 0 saturated heterocycles. The van der Waals surface area contributed by atoms with Gasteiger partial charge < -0.3 is 9.47 Å². The minimum Gasteiger partial charge on any atom is -0.310 e. The van der Waals surface area contributed by atoms with Gasteiger partial charge in [-0.1, -0.05) is 153 Å². The van der Waals surface area contributed by atoms with Crippen molar-refractivity contribution in [1.29, 1.82) is 0 Å². The molecule has 0 radical (unpaired) electrons. The highest BCUT2D eigenvalue weighted by Gasteiger charge is 2.53. The Morgan fingerprint density at radius 2 is 1.08 bits per heavy atom. The van der Waals surface area contributed by atoms with Crippen molar-refractivity contribution >= 4 is 44.4 Å². The molecule has 1 aromatic heterocycles. The molecule has 8 aromatic carbocycles. The molecule has 2 heteroatoms. The molecule has 0 N–H and O–H groups in total. The Labute approximate surface area is 351 Å². The molecule has 4 aliphatic rings. The molecule has 0 fully saturated rings. The van der Waals surface area contributed by atoms with Crippen molar-refractivity contribution in [2.45, 2.75) is 37.5 Å². The molecular weight excluding hydrogens is 725 g/mol. The molecule has 60 heavy (non-hydrogen) atoms. The van der Waals surface area contributed by atoms with Crippen LogP contribution in [0.1, 0.15) is 60.1 Å². The van der Waals surface area contributed by atoms with Crippen molar-refractivity contribution in [1.82, 2.24) is 4.57 Å². The first-order valence-corrected chi connectivity index (χ1v) is 21.4. The van der Waals surface area contributed by atoms with Crippen LogP contribution in [-0.4, -0.2) is 4.57 Å². The fourth-order valence-corrected chi connectivity index (χ4v) is 11.8. The van der Waals surface area contributed by atoms with Gasteiger partial charge in [0.1, 0.15) is 0 Å². The van der Waals surface area contributed by atoms with Gasteiger partial charge in [-0.3, -0.25) is 0 Å². The molecule has 0 unspecified atom stereocenters. The van der Waals surface area contributed by atoms with Gasteiger partial charge in [-0.05, 0) is 129 Å². The van der Waals surface area contributed by atoms with Gasteiger partial charge in [-0.15, -0.1) is 0 Å². The fraction of sp³-hybridized carbons (Fsp3) is 0.103. The normalized spacial score (nSPS) is 15.8. The molecule has 4 aliphatic carbocycles. The number of hydrogen-bond acceptors (Lipinski definition) is 1. The summed E-state index contributed by atoms with van der Waals surface area (Å²) in [5, 5.41) is 2.50. The summed E-state index contributed by atoms with van der Waals surface area (Å²) in [6, 6.07) is 68.5. The number of anilines is 3. The number of allylic oxidation sites excluding steroid dienone is 4. The number of hydrogen-bond donors (Lipinski definition) is 0. The van der Waals surface area contributed by atoms with E-state index in [0.717, 1.165) is 18.5 Å². The average Bonchev–Trinajstić information content (AvgIpc) is 3.97. The van der Waals surface area contributed by atoms with Crippen LogP contribution in [0.4, 0.5) is 17.1 Å². The molecule has 9 aromatic rings. The van der Waals surface area contributed by atoms with E-state index in [1.165, 1.54) is 106 Å². The largest absolute Gasteiger partial charge is 0.310 e. The molecule has 1 heterocycles. The Morgan fingerprint density at radius 1 is 0.483 bits per heavy atom. The van der Waals surface area contributed by atoms with Crippen LogP contribution in [-0.2, 0) is 10.8 Å². The van der Waals surface area contributed by atoms with Crippen molar-refractivity contribution < 1.29 is 0 Å². The predicted molar refractivity (Wildman–Crippen MR) is 250 cm³/mol. The van der Waals surface area contributed by atoms with Crippen LogP contribution >= 0.6 is 0 Å². The monoisotopic (exact) mass is 766 g/mol. The first-order valence-electron chi connectivity index (χ1n) is 21.4. The standard InChI is InChI=1S/C58H42N2/c1-57(2)47-24-11-6-19-40(47)43-33-31-39(36-52(43)57)59(38-32-34-54-46(35-38)44-22-10-15-29-53(44)60(54)37-17-4-3-5-18-37)55-30-16-28-51-56(55)45-23-9-14-27-50(45)58(51)48-25-12-7-20-41(48)42-21-8-13-26-49(42)58/h3-8,10-22,24-36H,9,23H2,1-2H3. The molecule has 13 rings (SSSR count). The predicted octanol–water partition coefficient (Wildman–Crippen LogP) is 15.0. The molecule has 0 saturated carbocycles. The van der Waals surface area contributed by atoms with Gasteiger partial charge in [0.15, 0.2) is 0 Å². The fourth-order valence-electron chi connectivity index (χ4n) is 11.8. The second kappa shape index (κ2) is 12.2. The van der Waals surface area contributed by atoms with Crippen LogP contribution in [0.15, 0.2) is 200 Å². The van der Waals surface area contributed by atoms with Gasteiger partial charge in [0.25, 0.3) is 0 Å². The smallest absolute Gasteiger partial charge is 0.0722 e. The number of benzene rings is 8. The lowest BCUT2D eigenvalue weighted by molar-refractivity contribution is 0.660. The third-order valence-electron chi connectivity index (χ3n) is 14.3. The van der Waals surface area contributed by atoms with Crippen LogP contribution in [0.3, 0.4) is 0 Å². The van der Waals surface area contributed by atoms with E-state index in [1.54, 1.807) is 0 Å². The SMILES string of the molecule is CC1(C)c2ccccc2-c2ccc(N(c3ccc4c(c3)c3ccccc3n4-c3ccccc3)c3cccc4c3C3=C(C=CCC3)C43c4ccccc4-c4ccccc43)cc21. The highest BCUT2D eigenvalue weighted by atomic mass is 15.1. The zero-order chi connectivity index (χ0) is 39.7. The lowest BCUT2D eigenvalue weighted by Crippen LogP contribution is -2.27. The minimum atomic E-state index is -0.384. The quantitative estimate of drug-likeness (QED) is 0.173. The van der Waals surface area contributed by atoms with Crippen LogP contribution in [0.2, 0.25) is 0 Å². The Kier molecular flexibility index (Phi) is 6.86. The number of para-hydroxylation sites is 2. The van der Waals surface area contributed by atoms with Crippen LogP contribution in [0, 0.1) is 0 Å². The van der Waals surface area contributed by atoms with Crippen molar-refractivity contribution in [3.8, 4) is 27.9 Å². The van der Waals surface area contributed by atoms with Crippen LogP contribution in [0.5, 0.6) is 0 Å². The number of nitrogens with zero attached hydrogens (tertiary/aromatic N) is 2. The number of fused-ring (bicyclic) bond motifs is 15. The zero-order valence-electron chi connectivity index (χ0n) is 33.8. The lowest BCUT2D eigenvalue weighted by Gasteiger charge is -2.33. The van der Waals surface area contributed by atoms with Gasteiger partial charge in [-0.2, -0.15) is 0 Å². The van der Waals surface area contributed by atoms with Gasteiger partial charge in [0, 0.05) is 38.8 Å². The van der Waals surface area contributed by atoms with Crippen molar-refractivity contribution in [3.05, 3.63) is 233 Å². The van der Waals surface area contributed by atoms with Gasteiger partial charge >= 0.3 is 0 Å². The lowest BCUT2D eigenvalue weighted by atomic mass is 9.69. The van der Waals surface area contributed by atoms with E-state index in [4.69, 9.17) is 0 Å². The van der Waals surface area contributed by atoms with E-state index in [2.05, 4.69) is 217 Å². The van der Waals surface area contributed by atoms with E-state index in [0.29, 0.717) is 0 Å². The van der Waals surface area contributed by atoms with Crippen molar-refractivity contribution in [3.63, 3.8) is 0 Å². The first kappa shape index (κ1) is 33.8. The van der Waals surface area contributed by atoms with E-state index >= 15 is 0 Å². The summed E-state index contributed by atoms with van der Waals surface area (Å²) in [5.41, 5.74) is 23.2. The Hall–Kier alpha value is -7.16. The highest BCUT2D eigenvalue weighted by Crippen LogP contribution is 2.65. The maximum absolute atomic E-state index is 2.58. The molecule has 1 spiro atoms. The summed E-state index contributed by atoms with van der Waals surface area (Å²) in [6.45, 7) is 4.78. The summed E-state index contributed by atoms with van der Waals surface area (Å²) in [6.07, 6.45) is 6.91. The third-order valence-corrected chi connectivity index (χ3v) is 14.3. The molecule has 284 valence electrons. The summed E-state index contributed by atoms with van der Waals surface area (Å²) in [7, 11) is 0. The molecule has 0 atom stereocenters. The molecule has 0 aliphatic heterocycles. The van der Waals surface area contributed by atoms with Gasteiger partial charge in [0.2, 0.25) is 0 Å². The second-order valence-corrected chi connectivity index (χ2v) is 17.5. The summed E-state index contributed by atoms with van der Waals surface area (Å²) in [5.74, 6) is 0. The molecular formula is C58H42N2. The molecule has 0 amide bonds. The van der Waals surface area contributed by atoms with Crippen LogP contribution in [0.25, 0.3) is 55.3 Å². The number of aromatic nitrogens is 1. The number of rotatable bonds is 4. The van der Waals surface area contributed by atoms with E-state index in [9.17, 15) is 0 Å². The van der Waals surface area contributed by atoms with Crippen molar-refractivity contribution in [2.75, 3.05) is 4.90 Å².